The fraction of sp³-hybridized carbons (Fsp3) is 0.688. The molecule has 1 aliphatic heterocycles. The molecule has 0 radical (unpaired) electrons. The first-order valence-corrected chi connectivity index (χ1v) is 7.41. The van der Waals surface area contributed by atoms with E-state index in [-0.39, 0.29) is 11.6 Å². The Kier molecular flexibility index (Phi) is 5.19. The third-order valence-electron chi connectivity index (χ3n) is 4.58. The topological polar surface area (TPSA) is 66.6 Å². The molecule has 118 valence electrons. The van der Waals surface area contributed by atoms with E-state index in [2.05, 4.69) is 4.98 Å². The van der Waals surface area contributed by atoms with Crippen LogP contribution >= 0.6 is 0 Å². The van der Waals surface area contributed by atoms with Crippen LogP contribution < -0.4 is 10.5 Å². The van der Waals surface area contributed by atoms with E-state index >= 15 is 0 Å². The zero-order chi connectivity index (χ0) is 15.5. The van der Waals surface area contributed by atoms with Gasteiger partial charge in [0.15, 0.2) is 0 Å². The minimum Gasteiger partial charge on any atom is -0.496 e. The molecule has 2 N–H and O–H groups in total. The molecule has 1 fully saturated rings. The van der Waals surface area contributed by atoms with Gasteiger partial charge in [-0.2, -0.15) is 0 Å². The Morgan fingerprint density at radius 3 is 2.57 bits per heavy atom. The highest BCUT2D eigenvalue weighted by Gasteiger charge is 2.39. The lowest BCUT2D eigenvalue weighted by Gasteiger charge is -2.40. The lowest BCUT2D eigenvalue weighted by Crippen LogP contribution is -2.54. The first-order valence-electron chi connectivity index (χ1n) is 7.41. The van der Waals surface area contributed by atoms with Gasteiger partial charge >= 0.3 is 0 Å². The van der Waals surface area contributed by atoms with Gasteiger partial charge in [0.2, 0.25) is 0 Å². The Hall–Kier alpha value is -1.17. The van der Waals surface area contributed by atoms with Crippen LogP contribution in [0.3, 0.4) is 0 Å². The smallest absolute Gasteiger partial charge is 0.128 e. The van der Waals surface area contributed by atoms with Gasteiger partial charge in [-0.25, -0.2) is 0 Å². The molecular weight excluding hydrogens is 268 g/mol. The van der Waals surface area contributed by atoms with Crippen molar-refractivity contribution in [2.45, 2.75) is 44.8 Å². The van der Waals surface area contributed by atoms with E-state index in [1.165, 1.54) is 0 Å². The second kappa shape index (κ2) is 6.73. The first kappa shape index (κ1) is 16.2. The summed E-state index contributed by atoms with van der Waals surface area (Å²) in [6.07, 6.45) is 4.17. The average Bonchev–Trinajstić information content (AvgIpc) is 2.51. The summed E-state index contributed by atoms with van der Waals surface area (Å²) in [5.41, 5.74) is 9.23. The molecule has 0 saturated carbocycles. The molecule has 0 aromatic carbocycles. The van der Waals surface area contributed by atoms with Crippen LogP contribution in [0.2, 0.25) is 0 Å². The Balaban J connectivity index is 2.20. The summed E-state index contributed by atoms with van der Waals surface area (Å²) >= 11 is 0. The quantitative estimate of drug-likeness (QED) is 0.896. The van der Waals surface area contributed by atoms with Crippen molar-refractivity contribution in [3.63, 3.8) is 0 Å². The number of aromatic nitrogens is 1. The Labute approximate surface area is 126 Å². The standard InChI is InChI=1S/C16H26N2O3/c1-11-10-18-13(12(2)15(11)19-3)9-14(17)16(20-4)5-7-21-8-6-16/h10,14H,5-9,17H2,1-4H3. The van der Waals surface area contributed by atoms with E-state index in [4.69, 9.17) is 19.9 Å². The normalized spacial score (nSPS) is 19.3. The summed E-state index contributed by atoms with van der Waals surface area (Å²) in [7, 11) is 3.43. The van der Waals surface area contributed by atoms with Crippen molar-refractivity contribution in [1.82, 2.24) is 4.98 Å². The highest BCUT2D eigenvalue weighted by Crippen LogP contribution is 2.31. The number of hydrogen-bond acceptors (Lipinski definition) is 5. The molecule has 21 heavy (non-hydrogen) atoms. The summed E-state index contributed by atoms with van der Waals surface area (Å²) in [5.74, 6) is 0.894. The van der Waals surface area contributed by atoms with E-state index in [0.29, 0.717) is 19.6 Å². The third-order valence-corrected chi connectivity index (χ3v) is 4.58. The van der Waals surface area contributed by atoms with Gasteiger partial charge in [0.05, 0.1) is 12.7 Å². The Bertz CT molecular complexity index is 485. The molecule has 5 heteroatoms. The molecule has 1 unspecified atom stereocenters. The molecule has 1 aromatic rings. The van der Waals surface area contributed by atoms with Crippen molar-refractivity contribution >= 4 is 0 Å². The summed E-state index contributed by atoms with van der Waals surface area (Å²) < 4.78 is 16.7. The van der Waals surface area contributed by atoms with Crippen molar-refractivity contribution in [3.8, 4) is 5.75 Å². The number of methoxy groups -OCH3 is 2. The molecule has 1 aliphatic rings. The number of ether oxygens (including phenoxy) is 3. The zero-order valence-corrected chi connectivity index (χ0v) is 13.4. The van der Waals surface area contributed by atoms with Crippen LogP contribution in [0.5, 0.6) is 5.75 Å². The zero-order valence-electron chi connectivity index (χ0n) is 13.4. The van der Waals surface area contributed by atoms with Crippen LogP contribution in [0.1, 0.15) is 29.7 Å². The van der Waals surface area contributed by atoms with E-state index in [1.54, 1.807) is 14.2 Å². The molecule has 0 aliphatic carbocycles. The minimum absolute atomic E-state index is 0.106. The average molecular weight is 294 g/mol. The molecule has 0 bridgehead atoms. The second-order valence-electron chi connectivity index (χ2n) is 5.74. The Morgan fingerprint density at radius 2 is 2.00 bits per heavy atom. The largest absolute Gasteiger partial charge is 0.496 e. The summed E-state index contributed by atoms with van der Waals surface area (Å²) in [6.45, 7) is 5.43. The lowest BCUT2D eigenvalue weighted by molar-refractivity contribution is -0.103. The fourth-order valence-corrected chi connectivity index (χ4v) is 3.11. The highest BCUT2D eigenvalue weighted by atomic mass is 16.5. The van der Waals surface area contributed by atoms with Crippen molar-refractivity contribution in [1.29, 1.82) is 0 Å². The van der Waals surface area contributed by atoms with Crippen molar-refractivity contribution in [3.05, 3.63) is 23.0 Å². The van der Waals surface area contributed by atoms with E-state index in [9.17, 15) is 0 Å². The van der Waals surface area contributed by atoms with Crippen LogP contribution in [0.4, 0.5) is 0 Å². The summed E-state index contributed by atoms with van der Waals surface area (Å²) in [4.78, 5) is 4.54. The number of pyridine rings is 1. The third kappa shape index (κ3) is 3.20. The maximum atomic E-state index is 6.46. The molecule has 5 nitrogen and oxygen atoms in total. The van der Waals surface area contributed by atoms with E-state index in [1.807, 2.05) is 20.0 Å². The number of aryl methyl sites for hydroxylation is 1. The fourth-order valence-electron chi connectivity index (χ4n) is 3.11. The van der Waals surface area contributed by atoms with Gasteiger partial charge in [0.1, 0.15) is 5.75 Å². The molecular formula is C16H26N2O3. The monoisotopic (exact) mass is 294 g/mol. The van der Waals surface area contributed by atoms with Crippen LogP contribution in [0.25, 0.3) is 0 Å². The first-order chi connectivity index (χ1) is 10.0. The number of nitrogens with two attached hydrogens (primary N) is 1. The molecule has 1 atom stereocenters. The van der Waals surface area contributed by atoms with Crippen LogP contribution in [0, 0.1) is 13.8 Å². The van der Waals surface area contributed by atoms with Gasteiger partial charge in [-0.15, -0.1) is 0 Å². The molecule has 1 saturated heterocycles. The number of nitrogens with zero attached hydrogens (tertiary/aromatic N) is 1. The van der Waals surface area contributed by atoms with Crippen LogP contribution in [-0.4, -0.2) is 44.1 Å². The maximum Gasteiger partial charge on any atom is 0.128 e. The van der Waals surface area contributed by atoms with Gasteiger partial charge in [0, 0.05) is 68.6 Å². The molecule has 0 amide bonds. The highest BCUT2D eigenvalue weighted by molar-refractivity contribution is 5.41. The van der Waals surface area contributed by atoms with Crippen molar-refractivity contribution in [2.75, 3.05) is 27.4 Å². The van der Waals surface area contributed by atoms with E-state index in [0.717, 1.165) is 35.4 Å². The summed E-state index contributed by atoms with van der Waals surface area (Å²) in [6, 6.07) is -0.106. The maximum absolute atomic E-state index is 6.46. The Morgan fingerprint density at radius 1 is 1.33 bits per heavy atom. The lowest BCUT2D eigenvalue weighted by atomic mass is 9.83. The number of rotatable bonds is 5. The predicted molar refractivity (Wildman–Crippen MR) is 81.7 cm³/mol. The van der Waals surface area contributed by atoms with Crippen LogP contribution in [-0.2, 0) is 15.9 Å². The van der Waals surface area contributed by atoms with Crippen LogP contribution in [0.15, 0.2) is 6.20 Å². The minimum atomic E-state index is -0.315. The van der Waals surface area contributed by atoms with Gasteiger partial charge in [0.25, 0.3) is 0 Å². The second-order valence-corrected chi connectivity index (χ2v) is 5.74. The van der Waals surface area contributed by atoms with Gasteiger partial charge in [-0.1, -0.05) is 0 Å². The molecule has 1 aromatic heterocycles. The predicted octanol–water partition coefficient (Wildman–Crippen LogP) is 1.77. The molecule has 2 heterocycles. The SMILES string of the molecule is COc1c(C)cnc(CC(N)C2(OC)CCOCC2)c1C. The number of hydrogen-bond donors (Lipinski definition) is 1. The summed E-state index contributed by atoms with van der Waals surface area (Å²) in [5, 5.41) is 0. The van der Waals surface area contributed by atoms with Gasteiger partial charge in [-0.3, -0.25) is 4.98 Å². The molecule has 2 rings (SSSR count). The molecule has 0 spiro atoms. The van der Waals surface area contributed by atoms with Crippen molar-refractivity contribution < 1.29 is 14.2 Å². The van der Waals surface area contributed by atoms with Crippen molar-refractivity contribution in [2.24, 2.45) is 5.73 Å². The van der Waals surface area contributed by atoms with Gasteiger partial charge < -0.3 is 19.9 Å². The van der Waals surface area contributed by atoms with E-state index < -0.39 is 0 Å². The van der Waals surface area contributed by atoms with Gasteiger partial charge in [-0.05, 0) is 13.8 Å².